The molecule has 0 spiro atoms. The topological polar surface area (TPSA) is 88.1 Å². The van der Waals surface area contributed by atoms with Gasteiger partial charge < -0.3 is 0 Å². The summed E-state index contributed by atoms with van der Waals surface area (Å²) >= 11 is 1.36. The third-order valence-corrected chi connectivity index (χ3v) is 5.38. The largest absolute Gasteiger partial charge is 0.280 e. The van der Waals surface area contributed by atoms with Crippen molar-refractivity contribution in [3.8, 4) is 16.9 Å². The van der Waals surface area contributed by atoms with E-state index < -0.39 is 11.1 Å². The Morgan fingerprint density at radius 1 is 1.10 bits per heavy atom. The van der Waals surface area contributed by atoms with Crippen molar-refractivity contribution < 1.29 is 4.79 Å². The second-order valence-electron chi connectivity index (χ2n) is 6.62. The van der Waals surface area contributed by atoms with Crippen molar-refractivity contribution in [1.29, 1.82) is 0 Å². The summed E-state index contributed by atoms with van der Waals surface area (Å²) in [6.45, 7) is 4.02. The maximum atomic E-state index is 13.3. The standard InChI is InChI=1S/C23H18N4O3S/c1-2-13-26(23-24-19(15-31-23)16-7-4-3-5-8-16)22(30)17-9-6-10-18(14-17)27-21(29)12-11-20(28)25-27/h2-12,14-15H,1,13H2,(H,25,28). The maximum Gasteiger partial charge on any atom is 0.269 e. The molecule has 0 aliphatic carbocycles. The highest BCUT2D eigenvalue weighted by Gasteiger charge is 2.20. The summed E-state index contributed by atoms with van der Waals surface area (Å²) in [6.07, 6.45) is 1.63. The number of benzene rings is 2. The van der Waals surface area contributed by atoms with E-state index in [0.29, 0.717) is 16.4 Å². The lowest BCUT2D eigenvalue weighted by Gasteiger charge is -2.18. The Morgan fingerprint density at radius 3 is 2.68 bits per heavy atom. The van der Waals surface area contributed by atoms with E-state index >= 15 is 0 Å². The molecule has 1 amide bonds. The Labute approximate surface area is 181 Å². The Hall–Kier alpha value is -4.04. The number of thiazole rings is 1. The molecule has 154 valence electrons. The van der Waals surface area contributed by atoms with Gasteiger partial charge in [-0.25, -0.2) is 9.67 Å². The van der Waals surface area contributed by atoms with E-state index in [-0.39, 0.29) is 12.5 Å². The van der Waals surface area contributed by atoms with Crippen molar-refractivity contribution in [2.45, 2.75) is 0 Å². The molecule has 0 radical (unpaired) electrons. The summed E-state index contributed by atoms with van der Waals surface area (Å²) in [6, 6.07) is 18.6. The normalized spacial score (nSPS) is 10.6. The molecule has 8 heteroatoms. The van der Waals surface area contributed by atoms with Gasteiger partial charge in [0.25, 0.3) is 17.0 Å². The van der Waals surface area contributed by atoms with Gasteiger partial charge in [-0.15, -0.1) is 17.9 Å². The minimum absolute atomic E-state index is 0.271. The van der Waals surface area contributed by atoms with Crippen LogP contribution in [0.5, 0.6) is 0 Å². The fourth-order valence-corrected chi connectivity index (χ4v) is 3.90. The minimum atomic E-state index is -0.416. The highest BCUT2D eigenvalue weighted by atomic mass is 32.1. The first-order valence-corrected chi connectivity index (χ1v) is 10.3. The SMILES string of the molecule is C=CCN(C(=O)c1cccc(-n2[nH]c(=O)ccc2=O)c1)c1nc(-c2ccccc2)cs1. The van der Waals surface area contributed by atoms with Gasteiger partial charge in [0.2, 0.25) is 0 Å². The molecule has 4 aromatic rings. The molecule has 2 aromatic carbocycles. The van der Waals surface area contributed by atoms with Gasteiger partial charge in [0, 0.05) is 35.2 Å². The first-order chi connectivity index (χ1) is 15.1. The van der Waals surface area contributed by atoms with Crippen LogP contribution in [-0.2, 0) is 0 Å². The van der Waals surface area contributed by atoms with E-state index in [1.807, 2.05) is 35.7 Å². The minimum Gasteiger partial charge on any atom is -0.280 e. The molecule has 4 rings (SSSR count). The fraction of sp³-hybridized carbons (Fsp3) is 0.0435. The van der Waals surface area contributed by atoms with E-state index in [0.717, 1.165) is 22.0 Å². The van der Waals surface area contributed by atoms with Gasteiger partial charge in [-0.2, -0.15) is 0 Å². The van der Waals surface area contributed by atoms with Gasteiger partial charge in [0.1, 0.15) is 0 Å². The summed E-state index contributed by atoms with van der Waals surface area (Å²) in [5.41, 5.74) is 1.67. The first kappa shape index (κ1) is 20.2. The van der Waals surface area contributed by atoms with E-state index in [2.05, 4.69) is 16.7 Å². The number of hydrogen-bond acceptors (Lipinski definition) is 5. The molecule has 2 heterocycles. The number of rotatable bonds is 6. The zero-order valence-electron chi connectivity index (χ0n) is 16.4. The number of carbonyl (C=O) groups is 1. The molecule has 2 aromatic heterocycles. The number of hydrogen-bond donors (Lipinski definition) is 1. The summed E-state index contributed by atoms with van der Waals surface area (Å²) in [5.74, 6) is -0.290. The zero-order valence-corrected chi connectivity index (χ0v) is 17.2. The van der Waals surface area contributed by atoms with E-state index in [1.54, 1.807) is 30.3 Å². The van der Waals surface area contributed by atoms with Crippen LogP contribution in [0.2, 0.25) is 0 Å². The number of nitrogens with zero attached hydrogens (tertiary/aromatic N) is 3. The summed E-state index contributed by atoms with van der Waals surface area (Å²) in [7, 11) is 0. The van der Waals surface area contributed by atoms with Crippen LogP contribution in [0.1, 0.15) is 10.4 Å². The Kier molecular flexibility index (Phi) is 5.72. The quantitative estimate of drug-likeness (QED) is 0.475. The Balaban J connectivity index is 1.69. The molecular formula is C23H18N4O3S. The average molecular weight is 430 g/mol. The Bertz CT molecular complexity index is 1350. The van der Waals surface area contributed by atoms with Crippen molar-refractivity contribution in [2.24, 2.45) is 0 Å². The lowest BCUT2D eigenvalue weighted by Crippen LogP contribution is -2.31. The third kappa shape index (κ3) is 4.29. The maximum absolute atomic E-state index is 13.3. The summed E-state index contributed by atoms with van der Waals surface area (Å²) < 4.78 is 1.11. The summed E-state index contributed by atoms with van der Waals surface area (Å²) in [4.78, 5) is 43.2. The molecule has 0 saturated heterocycles. The molecule has 0 atom stereocenters. The zero-order chi connectivity index (χ0) is 21.8. The van der Waals surface area contributed by atoms with Gasteiger partial charge in [0.15, 0.2) is 5.13 Å². The van der Waals surface area contributed by atoms with Crippen molar-refractivity contribution in [1.82, 2.24) is 14.8 Å². The predicted molar refractivity (Wildman–Crippen MR) is 122 cm³/mol. The van der Waals surface area contributed by atoms with Crippen LogP contribution < -0.4 is 16.0 Å². The van der Waals surface area contributed by atoms with Crippen molar-refractivity contribution in [3.05, 3.63) is 111 Å². The van der Waals surface area contributed by atoms with Gasteiger partial charge in [-0.1, -0.05) is 42.5 Å². The monoisotopic (exact) mass is 430 g/mol. The molecule has 0 saturated carbocycles. The van der Waals surface area contributed by atoms with Crippen LogP contribution in [0.15, 0.2) is 94.4 Å². The molecule has 0 unspecified atom stereocenters. The van der Waals surface area contributed by atoms with E-state index in [4.69, 9.17) is 0 Å². The first-order valence-electron chi connectivity index (χ1n) is 9.43. The fourth-order valence-electron chi connectivity index (χ4n) is 3.06. The van der Waals surface area contributed by atoms with Gasteiger partial charge in [-0.3, -0.25) is 24.4 Å². The van der Waals surface area contributed by atoms with Crippen molar-refractivity contribution in [3.63, 3.8) is 0 Å². The number of amides is 1. The number of aromatic nitrogens is 3. The lowest BCUT2D eigenvalue weighted by atomic mass is 10.1. The smallest absolute Gasteiger partial charge is 0.269 e. The van der Waals surface area contributed by atoms with E-state index in [9.17, 15) is 14.4 Å². The van der Waals surface area contributed by atoms with Crippen LogP contribution in [0.25, 0.3) is 16.9 Å². The predicted octanol–water partition coefficient (Wildman–Crippen LogP) is 3.48. The van der Waals surface area contributed by atoms with Crippen molar-refractivity contribution in [2.75, 3.05) is 11.4 Å². The second kappa shape index (κ2) is 8.76. The molecular weight excluding hydrogens is 412 g/mol. The van der Waals surface area contributed by atoms with Crippen LogP contribution in [0.4, 0.5) is 5.13 Å². The molecule has 7 nitrogen and oxygen atoms in total. The molecule has 0 fully saturated rings. The highest BCUT2D eigenvalue weighted by Crippen LogP contribution is 2.28. The number of carbonyl (C=O) groups excluding carboxylic acids is 1. The molecule has 0 aliphatic rings. The lowest BCUT2D eigenvalue weighted by molar-refractivity contribution is 0.0989. The number of H-pyrrole nitrogens is 1. The molecule has 0 bridgehead atoms. The van der Waals surface area contributed by atoms with Crippen molar-refractivity contribution >= 4 is 22.4 Å². The average Bonchev–Trinajstić information content (AvgIpc) is 3.29. The number of nitrogens with one attached hydrogen (secondary N) is 1. The Morgan fingerprint density at radius 2 is 1.90 bits per heavy atom. The van der Waals surface area contributed by atoms with Gasteiger partial charge in [-0.05, 0) is 18.2 Å². The number of anilines is 1. The summed E-state index contributed by atoms with van der Waals surface area (Å²) in [5, 5.41) is 4.91. The molecule has 1 N–H and O–H groups in total. The van der Waals surface area contributed by atoms with Gasteiger partial charge in [0.05, 0.1) is 11.4 Å². The molecule has 0 aliphatic heterocycles. The third-order valence-electron chi connectivity index (χ3n) is 4.52. The van der Waals surface area contributed by atoms with Crippen LogP contribution in [0, 0.1) is 0 Å². The highest BCUT2D eigenvalue weighted by molar-refractivity contribution is 7.14. The van der Waals surface area contributed by atoms with Crippen LogP contribution >= 0.6 is 11.3 Å². The second-order valence-corrected chi connectivity index (χ2v) is 7.46. The molecule has 31 heavy (non-hydrogen) atoms. The van der Waals surface area contributed by atoms with Gasteiger partial charge >= 0.3 is 0 Å². The van der Waals surface area contributed by atoms with E-state index in [1.165, 1.54) is 22.3 Å². The van der Waals surface area contributed by atoms with Crippen LogP contribution in [0.3, 0.4) is 0 Å². The number of aromatic amines is 1. The van der Waals surface area contributed by atoms with Crippen LogP contribution in [-0.4, -0.2) is 27.2 Å².